The Kier molecular flexibility index (Phi) is 6.58. The molecule has 0 aliphatic heterocycles. The van der Waals surface area contributed by atoms with Crippen LogP contribution >= 0.6 is 0 Å². The van der Waals surface area contributed by atoms with Gasteiger partial charge in [-0.2, -0.15) is 15.0 Å². The van der Waals surface area contributed by atoms with Gasteiger partial charge < -0.3 is 19.5 Å². The van der Waals surface area contributed by atoms with Crippen LogP contribution in [0.15, 0.2) is 94.7 Å². The third kappa shape index (κ3) is 5.46. The summed E-state index contributed by atoms with van der Waals surface area (Å²) in [7, 11) is 5.38. The SMILES string of the molecule is CN(C)c1nc(Nc2ccc(N=Cc3ccccc3)cc2)nc(Oc2cc(=O)n(C)c3ccccc23)n1. The molecule has 2 heterocycles. The van der Waals surface area contributed by atoms with Gasteiger partial charge in [-0.3, -0.25) is 9.79 Å². The van der Waals surface area contributed by atoms with Crippen molar-refractivity contribution < 1.29 is 4.74 Å². The van der Waals surface area contributed by atoms with E-state index in [1.165, 1.54) is 6.07 Å². The number of para-hydroxylation sites is 1. The molecule has 37 heavy (non-hydrogen) atoms. The lowest BCUT2D eigenvalue weighted by Crippen LogP contribution is -2.17. The second-order valence-corrected chi connectivity index (χ2v) is 8.50. The number of aryl methyl sites for hydroxylation is 1. The van der Waals surface area contributed by atoms with E-state index in [2.05, 4.69) is 25.3 Å². The summed E-state index contributed by atoms with van der Waals surface area (Å²) in [6.45, 7) is 0. The number of aliphatic imine (C=N–C) groups is 1. The maximum Gasteiger partial charge on any atom is 0.328 e. The van der Waals surface area contributed by atoms with Gasteiger partial charge >= 0.3 is 6.01 Å². The second kappa shape index (κ2) is 10.3. The summed E-state index contributed by atoms with van der Waals surface area (Å²) in [6.07, 6.45) is 1.82. The van der Waals surface area contributed by atoms with Crippen molar-refractivity contribution in [2.24, 2.45) is 12.0 Å². The van der Waals surface area contributed by atoms with Crippen LogP contribution in [0.25, 0.3) is 10.9 Å². The number of rotatable bonds is 7. The fourth-order valence-corrected chi connectivity index (χ4v) is 3.66. The smallest absolute Gasteiger partial charge is 0.328 e. The third-order valence-electron chi connectivity index (χ3n) is 5.61. The number of aromatic nitrogens is 4. The quantitative estimate of drug-likeness (QED) is 0.317. The summed E-state index contributed by atoms with van der Waals surface area (Å²) in [5, 5.41) is 3.97. The van der Waals surface area contributed by atoms with E-state index in [1.807, 2.05) is 99.2 Å². The van der Waals surface area contributed by atoms with Crippen LogP contribution in [-0.2, 0) is 7.05 Å². The number of pyridine rings is 1. The second-order valence-electron chi connectivity index (χ2n) is 8.50. The van der Waals surface area contributed by atoms with Crippen LogP contribution in [0.2, 0.25) is 0 Å². The fourth-order valence-electron chi connectivity index (χ4n) is 3.66. The monoisotopic (exact) mass is 491 g/mol. The molecule has 1 N–H and O–H groups in total. The molecule has 5 aromatic rings. The van der Waals surface area contributed by atoms with Crippen LogP contribution in [-0.4, -0.2) is 39.8 Å². The maximum absolute atomic E-state index is 12.5. The molecule has 0 spiro atoms. The Bertz CT molecular complexity index is 1630. The van der Waals surface area contributed by atoms with Gasteiger partial charge in [0, 0.05) is 44.5 Å². The maximum atomic E-state index is 12.5. The van der Waals surface area contributed by atoms with E-state index in [9.17, 15) is 4.79 Å². The summed E-state index contributed by atoms with van der Waals surface area (Å²) in [4.78, 5) is 32.1. The predicted molar refractivity (Wildman–Crippen MR) is 147 cm³/mol. The minimum atomic E-state index is -0.191. The molecule has 0 aliphatic rings. The normalized spacial score (nSPS) is 11.1. The van der Waals surface area contributed by atoms with Crippen LogP contribution in [0.4, 0.5) is 23.3 Å². The molecule has 9 heteroatoms. The first-order chi connectivity index (χ1) is 18.0. The van der Waals surface area contributed by atoms with E-state index in [1.54, 1.807) is 16.5 Å². The lowest BCUT2D eigenvalue weighted by atomic mass is 10.2. The molecule has 0 saturated carbocycles. The first-order valence-corrected chi connectivity index (χ1v) is 11.6. The Balaban J connectivity index is 1.41. The molecule has 0 atom stereocenters. The van der Waals surface area contributed by atoms with Crippen LogP contribution in [0.1, 0.15) is 5.56 Å². The largest absolute Gasteiger partial charge is 0.423 e. The van der Waals surface area contributed by atoms with E-state index >= 15 is 0 Å². The number of benzene rings is 3. The van der Waals surface area contributed by atoms with Crippen LogP contribution in [0, 0.1) is 0 Å². The molecule has 0 amide bonds. The number of hydrogen-bond donors (Lipinski definition) is 1. The van der Waals surface area contributed by atoms with Crippen LogP contribution < -0.4 is 20.5 Å². The highest BCUT2D eigenvalue weighted by atomic mass is 16.5. The third-order valence-corrected chi connectivity index (χ3v) is 5.61. The van der Waals surface area contributed by atoms with Gasteiger partial charge in [0.25, 0.3) is 5.56 Å². The average Bonchev–Trinajstić information content (AvgIpc) is 2.92. The Morgan fingerprint density at radius 1 is 0.919 bits per heavy atom. The van der Waals surface area contributed by atoms with Crippen molar-refractivity contribution in [3.05, 3.63) is 101 Å². The Labute approximate surface area is 213 Å². The summed E-state index contributed by atoms with van der Waals surface area (Å²) in [5.41, 5.74) is 3.19. The minimum absolute atomic E-state index is 0.0729. The van der Waals surface area contributed by atoms with Gasteiger partial charge in [0.2, 0.25) is 11.9 Å². The molecule has 3 aromatic carbocycles. The zero-order valence-electron chi connectivity index (χ0n) is 20.7. The molecule has 9 nitrogen and oxygen atoms in total. The fraction of sp³-hybridized carbons (Fsp3) is 0.107. The van der Waals surface area contributed by atoms with Crippen LogP contribution in [0.5, 0.6) is 11.8 Å². The summed E-state index contributed by atoms with van der Waals surface area (Å²) < 4.78 is 7.60. The summed E-state index contributed by atoms with van der Waals surface area (Å²) in [5.74, 6) is 1.09. The Hall–Kier alpha value is -5.05. The first kappa shape index (κ1) is 23.7. The van der Waals surface area contributed by atoms with Crippen molar-refractivity contribution in [3.63, 3.8) is 0 Å². The molecule has 0 aliphatic carbocycles. The molecule has 0 bridgehead atoms. The summed E-state index contributed by atoms with van der Waals surface area (Å²) in [6, 6.07) is 26.5. The van der Waals surface area contributed by atoms with Crippen LogP contribution in [0.3, 0.4) is 0 Å². The molecular formula is C28H25N7O2. The lowest BCUT2D eigenvalue weighted by Gasteiger charge is -2.15. The lowest BCUT2D eigenvalue weighted by molar-refractivity contribution is 0.444. The molecule has 0 unspecified atom stereocenters. The molecule has 0 saturated heterocycles. The van der Waals surface area contributed by atoms with Crippen molar-refractivity contribution in [2.75, 3.05) is 24.3 Å². The van der Waals surface area contributed by atoms with Gasteiger partial charge in [0.1, 0.15) is 5.75 Å². The van der Waals surface area contributed by atoms with Crippen molar-refractivity contribution in [3.8, 4) is 11.8 Å². The highest BCUT2D eigenvalue weighted by molar-refractivity contribution is 5.85. The van der Waals surface area contributed by atoms with Gasteiger partial charge in [-0.1, -0.05) is 42.5 Å². The van der Waals surface area contributed by atoms with Gasteiger partial charge in [-0.25, -0.2) is 0 Å². The Morgan fingerprint density at radius 3 is 2.41 bits per heavy atom. The molecule has 2 aromatic heterocycles. The predicted octanol–water partition coefficient (Wildman–Crippen LogP) is 5.08. The van der Waals surface area contributed by atoms with Gasteiger partial charge in [-0.05, 0) is 42.0 Å². The zero-order chi connectivity index (χ0) is 25.8. The number of ether oxygens (including phenoxy) is 1. The highest BCUT2D eigenvalue weighted by Crippen LogP contribution is 2.28. The standard InChI is InChI=1S/C28H25N7O2/c1-34(2)27-31-26(30-21-15-13-20(14-16-21)29-18-19-9-5-4-6-10-19)32-28(33-27)37-24-17-25(36)35(3)23-12-8-7-11-22(23)24/h4-18H,1-3H3,(H,30,31,32,33). The minimum Gasteiger partial charge on any atom is -0.423 e. The van der Waals surface area contributed by atoms with E-state index in [4.69, 9.17) is 4.74 Å². The average molecular weight is 492 g/mol. The molecular weight excluding hydrogens is 466 g/mol. The van der Waals surface area contributed by atoms with Crippen molar-refractivity contribution in [1.29, 1.82) is 0 Å². The number of hydrogen-bond acceptors (Lipinski definition) is 8. The van der Waals surface area contributed by atoms with Crippen molar-refractivity contribution >= 4 is 40.4 Å². The number of fused-ring (bicyclic) bond motifs is 1. The molecule has 0 fully saturated rings. The zero-order valence-corrected chi connectivity index (χ0v) is 20.7. The molecule has 184 valence electrons. The van der Waals surface area contributed by atoms with Gasteiger partial charge in [-0.15, -0.1) is 0 Å². The van der Waals surface area contributed by atoms with Crippen molar-refractivity contribution in [2.45, 2.75) is 0 Å². The van der Waals surface area contributed by atoms with E-state index in [0.29, 0.717) is 17.6 Å². The van der Waals surface area contributed by atoms with E-state index in [0.717, 1.165) is 27.8 Å². The number of anilines is 3. The number of nitrogens with one attached hydrogen (secondary N) is 1. The molecule has 0 radical (unpaired) electrons. The van der Waals surface area contributed by atoms with E-state index < -0.39 is 0 Å². The molecule has 5 rings (SSSR count). The topological polar surface area (TPSA) is 97.5 Å². The van der Waals surface area contributed by atoms with E-state index in [-0.39, 0.29) is 11.6 Å². The van der Waals surface area contributed by atoms with Gasteiger partial charge in [0.05, 0.1) is 11.2 Å². The highest BCUT2D eigenvalue weighted by Gasteiger charge is 2.14. The van der Waals surface area contributed by atoms with Crippen molar-refractivity contribution in [1.82, 2.24) is 19.5 Å². The van der Waals surface area contributed by atoms with Gasteiger partial charge in [0.15, 0.2) is 0 Å². The first-order valence-electron chi connectivity index (χ1n) is 11.6. The number of nitrogens with zero attached hydrogens (tertiary/aromatic N) is 6. The Morgan fingerprint density at radius 2 is 1.65 bits per heavy atom. The summed E-state index contributed by atoms with van der Waals surface area (Å²) >= 11 is 0.